The summed E-state index contributed by atoms with van der Waals surface area (Å²) in [5.74, 6) is -0.471. The summed E-state index contributed by atoms with van der Waals surface area (Å²) in [6.07, 6.45) is 4.22. The van der Waals surface area contributed by atoms with E-state index in [-0.39, 0.29) is 0 Å². The highest BCUT2D eigenvalue weighted by molar-refractivity contribution is 6.00. The van der Waals surface area contributed by atoms with Crippen LogP contribution in [0.4, 0.5) is 0 Å². The Kier molecular flexibility index (Phi) is 4.25. The van der Waals surface area contributed by atoms with E-state index in [0.29, 0.717) is 12.0 Å². The van der Waals surface area contributed by atoms with E-state index in [4.69, 9.17) is 10.7 Å². The maximum Gasteiger partial charge on any atom is 0.248 e. The Morgan fingerprint density at radius 3 is 2.63 bits per heavy atom. The van der Waals surface area contributed by atoms with Crippen molar-refractivity contribution in [1.29, 1.82) is 0 Å². The van der Waals surface area contributed by atoms with Gasteiger partial charge in [0.25, 0.3) is 0 Å². The van der Waals surface area contributed by atoms with Crippen LogP contribution in [0.2, 0.25) is 0 Å². The number of nitrogens with two attached hydrogens (primary N) is 1. The monoisotopic (exact) mass is 393 g/mol. The molecule has 0 saturated carbocycles. The van der Waals surface area contributed by atoms with Gasteiger partial charge in [-0.2, -0.15) is 0 Å². The number of amides is 1. The Morgan fingerprint density at radius 1 is 1.00 bits per heavy atom. The minimum Gasteiger partial charge on any atom is -0.366 e. The Bertz CT molecular complexity index is 1410. The minimum atomic E-state index is -0.471. The molecule has 0 radical (unpaired) electrons. The molecule has 0 atom stereocenters. The first-order valence-electron chi connectivity index (χ1n) is 9.67. The Morgan fingerprint density at radius 2 is 1.83 bits per heavy atom. The highest BCUT2D eigenvalue weighted by Gasteiger charge is 2.18. The molecule has 6 heteroatoms. The van der Waals surface area contributed by atoms with Crippen LogP contribution >= 0.6 is 0 Å². The van der Waals surface area contributed by atoms with Gasteiger partial charge in [0.15, 0.2) is 5.65 Å². The molecule has 3 aromatic heterocycles. The van der Waals surface area contributed by atoms with E-state index in [1.165, 1.54) is 5.56 Å². The number of hydrogen-bond acceptors (Lipinski definition) is 4. The number of carbonyl (C=O) groups is 1. The first-order chi connectivity index (χ1) is 14.6. The number of rotatable bonds is 4. The van der Waals surface area contributed by atoms with Crippen molar-refractivity contribution in [1.82, 2.24) is 19.5 Å². The lowest BCUT2D eigenvalue weighted by Crippen LogP contribution is -2.12. The number of benzene rings is 2. The van der Waals surface area contributed by atoms with E-state index < -0.39 is 5.91 Å². The van der Waals surface area contributed by atoms with Crippen molar-refractivity contribution in [3.05, 3.63) is 95.6 Å². The fraction of sp³-hybridized carbons (Fsp3) is 0.0833. The summed E-state index contributed by atoms with van der Waals surface area (Å²) in [5.41, 5.74) is 12.4. The molecule has 6 nitrogen and oxygen atoms in total. The van der Waals surface area contributed by atoms with Crippen molar-refractivity contribution in [3.8, 4) is 5.69 Å². The summed E-state index contributed by atoms with van der Waals surface area (Å²) < 4.78 is 1.98. The minimum absolute atomic E-state index is 0.442. The quantitative estimate of drug-likeness (QED) is 0.501. The topological polar surface area (TPSA) is 86.7 Å². The van der Waals surface area contributed by atoms with Gasteiger partial charge in [0.2, 0.25) is 5.91 Å². The molecule has 30 heavy (non-hydrogen) atoms. The average molecular weight is 393 g/mol. The average Bonchev–Trinajstić information content (AvgIpc) is 3.18. The van der Waals surface area contributed by atoms with Crippen LogP contribution in [-0.2, 0) is 6.42 Å². The number of aromatic nitrogens is 4. The lowest BCUT2D eigenvalue weighted by molar-refractivity contribution is 0.100. The van der Waals surface area contributed by atoms with E-state index in [9.17, 15) is 4.79 Å². The normalized spacial score (nSPS) is 11.2. The van der Waals surface area contributed by atoms with Crippen LogP contribution in [0.5, 0.6) is 0 Å². The molecular formula is C24H19N5O. The molecule has 1 amide bonds. The Balaban J connectivity index is 1.87. The molecule has 0 saturated heterocycles. The van der Waals surface area contributed by atoms with E-state index >= 15 is 0 Å². The van der Waals surface area contributed by atoms with Crippen LogP contribution in [0, 0.1) is 6.92 Å². The van der Waals surface area contributed by atoms with Crippen molar-refractivity contribution in [2.45, 2.75) is 13.3 Å². The van der Waals surface area contributed by atoms with Crippen molar-refractivity contribution in [2.75, 3.05) is 0 Å². The van der Waals surface area contributed by atoms with Gasteiger partial charge < -0.3 is 5.73 Å². The number of carbonyl (C=O) groups excluding carboxylic acids is 1. The molecule has 5 aromatic rings. The molecule has 0 unspecified atom stereocenters. The van der Waals surface area contributed by atoms with Crippen LogP contribution in [0.15, 0.2) is 73.2 Å². The first-order valence-corrected chi connectivity index (χ1v) is 9.67. The fourth-order valence-corrected chi connectivity index (χ4v) is 3.86. The summed E-state index contributed by atoms with van der Waals surface area (Å²) in [4.78, 5) is 25.8. The van der Waals surface area contributed by atoms with Crippen molar-refractivity contribution in [3.63, 3.8) is 0 Å². The number of hydrogen-bond donors (Lipinski definition) is 1. The molecule has 0 fully saturated rings. The third kappa shape index (κ3) is 2.99. The van der Waals surface area contributed by atoms with Crippen LogP contribution in [0.3, 0.4) is 0 Å². The zero-order chi connectivity index (χ0) is 20.7. The number of pyridine rings is 2. The van der Waals surface area contributed by atoms with E-state index in [0.717, 1.165) is 39.0 Å². The standard InChI is InChI=1S/C24H19N5O/c1-15-18(12-16-6-3-2-4-7-16)22(29-14-27-21-8-5-11-26-24(21)29)19-13-17(23(25)30)9-10-20(19)28-15/h2-11,13-14H,12H2,1H3,(H2,25,30). The van der Waals surface area contributed by atoms with Crippen molar-refractivity contribution in [2.24, 2.45) is 5.73 Å². The predicted octanol–water partition coefficient (Wildman–Crippen LogP) is 3.97. The molecule has 0 aliphatic rings. The molecule has 2 aromatic carbocycles. The summed E-state index contributed by atoms with van der Waals surface area (Å²) in [5, 5.41) is 0.841. The number of primary amides is 1. The fourth-order valence-electron chi connectivity index (χ4n) is 3.86. The molecular weight excluding hydrogens is 374 g/mol. The van der Waals surface area contributed by atoms with Gasteiger partial charge in [-0.25, -0.2) is 9.97 Å². The molecule has 0 bridgehead atoms. The molecule has 0 spiro atoms. The predicted molar refractivity (Wildman–Crippen MR) is 117 cm³/mol. The largest absolute Gasteiger partial charge is 0.366 e. The zero-order valence-corrected chi connectivity index (χ0v) is 16.4. The van der Waals surface area contributed by atoms with Crippen LogP contribution in [0.25, 0.3) is 27.8 Å². The highest BCUT2D eigenvalue weighted by atomic mass is 16.1. The van der Waals surface area contributed by atoms with Gasteiger partial charge in [-0.1, -0.05) is 30.3 Å². The van der Waals surface area contributed by atoms with E-state index in [1.54, 1.807) is 18.6 Å². The Labute approximate surface area is 173 Å². The second-order valence-electron chi connectivity index (χ2n) is 7.24. The lowest BCUT2D eigenvalue weighted by atomic mass is 9.98. The second kappa shape index (κ2) is 7.08. The summed E-state index contributed by atoms with van der Waals surface area (Å²) >= 11 is 0. The number of nitrogens with zero attached hydrogens (tertiary/aromatic N) is 4. The summed E-state index contributed by atoms with van der Waals surface area (Å²) in [6, 6.07) is 19.4. The molecule has 3 heterocycles. The Hall–Kier alpha value is -4.06. The van der Waals surface area contributed by atoms with E-state index in [2.05, 4.69) is 22.1 Å². The van der Waals surface area contributed by atoms with E-state index in [1.807, 2.05) is 54.0 Å². The lowest BCUT2D eigenvalue weighted by Gasteiger charge is -2.17. The highest BCUT2D eigenvalue weighted by Crippen LogP contribution is 2.31. The molecule has 0 aliphatic carbocycles. The van der Waals surface area contributed by atoms with Gasteiger partial charge in [-0.15, -0.1) is 0 Å². The van der Waals surface area contributed by atoms with Gasteiger partial charge >= 0.3 is 0 Å². The maximum absolute atomic E-state index is 11.9. The molecule has 5 rings (SSSR count). The summed E-state index contributed by atoms with van der Waals surface area (Å²) in [7, 11) is 0. The third-order valence-electron chi connectivity index (χ3n) is 5.32. The second-order valence-corrected chi connectivity index (χ2v) is 7.24. The van der Waals surface area contributed by atoms with Gasteiger partial charge in [-0.3, -0.25) is 14.3 Å². The van der Waals surface area contributed by atoms with Gasteiger partial charge in [0.1, 0.15) is 11.8 Å². The maximum atomic E-state index is 11.9. The number of imidazole rings is 1. The summed E-state index contributed by atoms with van der Waals surface area (Å²) in [6.45, 7) is 2.01. The third-order valence-corrected chi connectivity index (χ3v) is 5.32. The molecule has 2 N–H and O–H groups in total. The van der Waals surface area contributed by atoms with Crippen LogP contribution in [-0.4, -0.2) is 25.4 Å². The zero-order valence-electron chi connectivity index (χ0n) is 16.4. The van der Waals surface area contributed by atoms with Gasteiger partial charge in [0, 0.05) is 34.8 Å². The van der Waals surface area contributed by atoms with Crippen LogP contribution < -0.4 is 5.73 Å². The van der Waals surface area contributed by atoms with Crippen LogP contribution in [0.1, 0.15) is 27.2 Å². The van der Waals surface area contributed by atoms with Gasteiger partial charge in [-0.05, 0) is 42.8 Å². The molecule has 146 valence electrons. The van der Waals surface area contributed by atoms with Gasteiger partial charge in [0.05, 0.1) is 11.2 Å². The first kappa shape index (κ1) is 18.0. The van der Waals surface area contributed by atoms with Crippen molar-refractivity contribution >= 4 is 28.0 Å². The number of fused-ring (bicyclic) bond motifs is 2. The number of aryl methyl sites for hydroxylation is 1. The smallest absolute Gasteiger partial charge is 0.248 e. The SMILES string of the molecule is Cc1nc2ccc(C(N)=O)cc2c(-n2cnc3cccnc32)c1Cc1ccccc1. The van der Waals surface area contributed by atoms with Crippen molar-refractivity contribution < 1.29 is 4.79 Å². The molecule has 0 aliphatic heterocycles.